The quantitative estimate of drug-likeness (QED) is 0.723. The summed E-state index contributed by atoms with van der Waals surface area (Å²) in [4.78, 5) is 0. The molecule has 0 saturated heterocycles. The Labute approximate surface area is 109 Å². The van der Waals surface area contributed by atoms with E-state index >= 15 is 0 Å². The Morgan fingerprint density at radius 1 is 1.24 bits per heavy atom. The van der Waals surface area contributed by atoms with Gasteiger partial charge in [0.2, 0.25) is 0 Å². The molecule has 1 aromatic carbocycles. The van der Waals surface area contributed by atoms with Gasteiger partial charge in [0.15, 0.2) is 6.29 Å². The number of halogens is 2. The summed E-state index contributed by atoms with van der Waals surface area (Å²) < 4.78 is 29.6. The summed E-state index contributed by atoms with van der Waals surface area (Å²) >= 11 is 3.13. The number of benzene rings is 1. The van der Waals surface area contributed by atoms with Crippen molar-refractivity contribution < 1.29 is 18.6 Å². The summed E-state index contributed by atoms with van der Waals surface area (Å²) in [6.45, 7) is 5.06. The van der Waals surface area contributed by atoms with Crippen LogP contribution in [0.2, 0.25) is 0 Å². The molecule has 0 spiro atoms. The largest absolute Gasteiger partial charge is 0.487 e. The van der Waals surface area contributed by atoms with E-state index in [2.05, 4.69) is 15.9 Å². The Bertz CT molecular complexity index is 341. The van der Waals surface area contributed by atoms with Crippen molar-refractivity contribution in [2.45, 2.75) is 20.1 Å². The van der Waals surface area contributed by atoms with E-state index in [1.54, 1.807) is 12.1 Å². The molecule has 0 aliphatic heterocycles. The average Bonchev–Trinajstić information content (AvgIpc) is 2.31. The molecule has 0 aliphatic carbocycles. The van der Waals surface area contributed by atoms with Gasteiger partial charge >= 0.3 is 0 Å². The molecule has 96 valence electrons. The summed E-state index contributed by atoms with van der Waals surface area (Å²) in [7, 11) is 0. The first-order valence-electron chi connectivity index (χ1n) is 5.49. The zero-order chi connectivity index (χ0) is 12.7. The summed E-state index contributed by atoms with van der Waals surface area (Å²) in [5, 5.41) is 0. The molecule has 0 saturated carbocycles. The number of hydrogen-bond donors (Lipinski definition) is 0. The van der Waals surface area contributed by atoms with Gasteiger partial charge in [-0.3, -0.25) is 0 Å². The normalized spacial score (nSPS) is 10.9. The summed E-state index contributed by atoms with van der Waals surface area (Å²) in [6, 6.07) is 4.63. The zero-order valence-electron chi connectivity index (χ0n) is 9.91. The van der Waals surface area contributed by atoms with Gasteiger partial charge in [0.1, 0.15) is 18.2 Å². The van der Waals surface area contributed by atoms with Crippen LogP contribution in [0.5, 0.6) is 5.75 Å². The van der Waals surface area contributed by atoms with E-state index in [-0.39, 0.29) is 12.4 Å². The van der Waals surface area contributed by atoms with Gasteiger partial charge in [-0.2, -0.15) is 0 Å². The van der Waals surface area contributed by atoms with E-state index in [0.717, 1.165) is 0 Å². The standard InChI is InChI=1S/C12H16BrFO3/c1-3-15-11(16-4-2)8-17-10-7-5-6-9(14)12(10)13/h5-7,11H,3-4,8H2,1-2H3. The molecule has 0 fully saturated rings. The van der Waals surface area contributed by atoms with E-state index in [1.165, 1.54) is 6.07 Å². The van der Waals surface area contributed by atoms with Crippen LogP contribution in [0, 0.1) is 5.82 Å². The van der Waals surface area contributed by atoms with Gasteiger partial charge in [0, 0.05) is 13.2 Å². The Balaban J connectivity index is 2.55. The average molecular weight is 307 g/mol. The molecule has 1 aromatic rings. The summed E-state index contributed by atoms with van der Waals surface area (Å²) in [5.74, 6) is 0.0845. The molecule has 0 heterocycles. The first-order chi connectivity index (χ1) is 8.19. The third-order valence-electron chi connectivity index (χ3n) is 2.00. The Hall–Kier alpha value is -0.650. The molecular formula is C12H16BrFO3. The van der Waals surface area contributed by atoms with Crippen LogP contribution in [-0.4, -0.2) is 26.1 Å². The minimum absolute atomic E-state index is 0.226. The van der Waals surface area contributed by atoms with Crippen LogP contribution in [0.25, 0.3) is 0 Å². The maximum absolute atomic E-state index is 13.2. The molecule has 17 heavy (non-hydrogen) atoms. The third kappa shape index (κ3) is 4.61. The number of ether oxygens (including phenoxy) is 3. The van der Waals surface area contributed by atoms with Crippen molar-refractivity contribution in [2.75, 3.05) is 19.8 Å². The molecule has 3 nitrogen and oxygen atoms in total. The molecule has 0 N–H and O–H groups in total. The smallest absolute Gasteiger partial charge is 0.191 e. The minimum Gasteiger partial charge on any atom is -0.487 e. The molecule has 0 bridgehead atoms. The van der Waals surface area contributed by atoms with Gasteiger partial charge in [-0.25, -0.2) is 4.39 Å². The topological polar surface area (TPSA) is 27.7 Å². The molecule has 5 heteroatoms. The molecule has 0 aromatic heterocycles. The molecule has 0 amide bonds. The Morgan fingerprint density at radius 3 is 2.47 bits per heavy atom. The maximum Gasteiger partial charge on any atom is 0.191 e. The second-order valence-corrected chi connectivity index (χ2v) is 4.00. The highest BCUT2D eigenvalue weighted by Crippen LogP contribution is 2.27. The highest BCUT2D eigenvalue weighted by molar-refractivity contribution is 9.10. The van der Waals surface area contributed by atoms with Gasteiger partial charge in [-0.05, 0) is 41.9 Å². The van der Waals surface area contributed by atoms with E-state index in [9.17, 15) is 4.39 Å². The number of rotatable bonds is 7. The lowest BCUT2D eigenvalue weighted by Gasteiger charge is -2.18. The van der Waals surface area contributed by atoms with Crippen molar-refractivity contribution in [3.8, 4) is 5.75 Å². The van der Waals surface area contributed by atoms with E-state index in [1.807, 2.05) is 13.8 Å². The fourth-order valence-electron chi connectivity index (χ4n) is 1.27. The fraction of sp³-hybridized carbons (Fsp3) is 0.500. The Morgan fingerprint density at radius 2 is 1.88 bits per heavy atom. The van der Waals surface area contributed by atoms with Crippen LogP contribution in [0.15, 0.2) is 22.7 Å². The first kappa shape index (κ1) is 14.4. The van der Waals surface area contributed by atoms with Crippen LogP contribution < -0.4 is 4.74 Å². The lowest BCUT2D eigenvalue weighted by molar-refractivity contribution is -0.152. The van der Waals surface area contributed by atoms with Gasteiger partial charge < -0.3 is 14.2 Å². The monoisotopic (exact) mass is 306 g/mol. The van der Waals surface area contributed by atoms with E-state index < -0.39 is 6.29 Å². The van der Waals surface area contributed by atoms with E-state index in [0.29, 0.717) is 23.4 Å². The first-order valence-corrected chi connectivity index (χ1v) is 6.28. The van der Waals surface area contributed by atoms with Crippen molar-refractivity contribution in [3.63, 3.8) is 0 Å². The third-order valence-corrected chi connectivity index (χ3v) is 2.77. The predicted octanol–water partition coefficient (Wildman–Crippen LogP) is 3.37. The zero-order valence-corrected chi connectivity index (χ0v) is 11.5. The van der Waals surface area contributed by atoms with Gasteiger partial charge in [0.25, 0.3) is 0 Å². The van der Waals surface area contributed by atoms with Crippen LogP contribution in [-0.2, 0) is 9.47 Å². The molecule has 0 aliphatic rings. The lowest BCUT2D eigenvalue weighted by atomic mass is 10.3. The molecule has 0 radical (unpaired) electrons. The lowest BCUT2D eigenvalue weighted by Crippen LogP contribution is -2.25. The SMILES string of the molecule is CCOC(COc1cccc(F)c1Br)OCC. The predicted molar refractivity (Wildman–Crippen MR) is 66.6 cm³/mol. The van der Waals surface area contributed by atoms with Crippen molar-refractivity contribution >= 4 is 15.9 Å². The van der Waals surface area contributed by atoms with Crippen LogP contribution in [0.1, 0.15) is 13.8 Å². The Kier molecular flexibility index (Phi) is 6.47. The number of hydrogen-bond acceptors (Lipinski definition) is 3. The van der Waals surface area contributed by atoms with E-state index in [4.69, 9.17) is 14.2 Å². The highest BCUT2D eigenvalue weighted by atomic mass is 79.9. The van der Waals surface area contributed by atoms with Gasteiger partial charge in [-0.15, -0.1) is 0 Å². The van der Waals surface area contributed by atoms with Crippen molar-refractivity contribution in [1.29, 1.82) is 0 Å². The van der Waals surface area contributed by atoms with Crippen molar-refractivity contribution in [1.82, 2.24) is 0 Å². The second-order valence-electron chi connectivity index (χ2n) is 3.20. The summed E-state index contributed by atoms with van der Waals surface area (Å²) in [5.41, 5.74) is 0. The highest BCUT2D eigenvalue weighted by Gasteiger charge is 2.11. The van der Waals surface area contributed by atoms with Crippen molar-refractivity contribution in [2.24, 2.45) is 0 Å². The molecular weight excluding hydrogens is 291 g/mol. The second kappa shape index (κ2) is 7.63. The molecule has 0 unspecified atom stereocenters. The van der Waals surface area contributed by atoms with Crippen LogP contribution >= 0.6 is 15.9 Å². The molecule has 0 atom stereocenters. The maximum atomic E-state index is 13.2. The minimum atomic E-state index is -0.430. The summed E-state index contributed by atoms with van der Waals surface area (Å²) in [6.07, 6.45) is -0.430. The van der Waals surface area contributed by atoms with Crippen molar-refractivity contribution in [3.05, 3.63) is 28.5 Å². The molecule has 1 rings (SSSR count). The van der Waals surface area contributed by atoms with Gasteiger partial charge in [-0.1, -0.05) is 6.07 Å². The fourth-order valence-corrected chi connectivity index (χ4v) is 1.65. The van der Waals surface area contributed by atoms with Gasteiger partial charge in [0.05, 0.1) is 4.47 Å². The van der Waals surface area contributed by atoms with Crippen LogP contribution in [0.3, 0.4) is 0 Å². The van der Waals surface area contributed by atoms with Crippen LogP contribution in [0.4, 0.5) is 4.39 Å².